The highest BCUT2D eigenvalue weighted by Crippen LogP contribution is 2.09. The van der Waals surface area contributed by atoms with Gasteiger partial charge in [0, 0.05) is 13.2 Å². The number of rotatable bonds is 9. The van der Waals surface area contributed by atoms with Crippen molar-refractivity contribution in [1.29, 1.82) is 0 Å². The number of nitrogens with one attached hydrogen (secondary N) is 1. The van der Waals surface area contributed by atoms with Crippen molar-refractivity contribution in [2.45, 2.75) is 31.3 Å². The van der Waals surface area contributed by atoms with Crippen molar-refractivity contribution in [3.05, 3.63) is 30.3 Å². The minimum atomic E-state index is -3.16. The topological polar surface area (TPSA) is 55.4 Å². The Morgan fingerprint density at radius 3 is 2.47 bits per heavy atom. The molecule has 0 fully saturated rings. The fourth-order valence-corrected chi connectivity index (χ4v) is 2.81. The van der Waals surface area contributed by atoms with Gasteiger partial charge >= 0.3 is 0 Å². The van der Waals surface area contributed by atoms with Gasteiger partial charge in [-0.05, 0) is 38.9 Å². The van der Waals surface area contributed by atoms with Crippen LogP contribution >= 0.6 is 0 Å². The van der Waals surface area contributed by atoms with Crippen LogP contribution in [0.5, 0.6) is 0 Å². The molecule has 1 aromatic carbocycles. The molecule has 0 radical (unpaired) electrons. The predicted molar refractivity (Wildman–Crippen MR) is 77.1 cm³/mol. The van der Waals surface area contributed by atoms with E-state index in [0.29, 0.717) is 18.0 Å². The third-order valence-electron chi connectivity index (χ3n) is 2.60. The van der Waals surface area contributed by atoms with E-state index in [-0.39, 0.29) is 11.9 Å². The number of hydrogen-bond donors (Lipinski definition) is 1. The predicted octanol–water partition coefficient (Wildman–Crippen LogP) is 1.86. The van der Waals surface area contributed by atoms with Crippen molar-refractivity contribution in [3.63, 3.8) is 0 Å². The molecule has 1 rings (SSSR count). The zero-order chi connectivity index (χ0) is 14.1. The SMILES string of the molecule is CC(C)OCCCNCCS(=O)(=O)c1ccccc1. The van der Waals surface area contributed by atoms with Crippen molar-refractivity contribution in [2.24, 2.45) is 0 Å². The zero-order valence-electron chi connectivity index (χ0n) is 11.6. The highest BCUT2D eigenvalue weighted by Gasteiger charge is 2.12. The second-order valence-electron chi connectivity index (χ2n) is 4.66. The van der Waals surface area contributed by atoms with Gasteiger partial charge in [-0.25, -0.2) is 8.42 Å². The van der Waals surface area contributed by atoms with Crippen LogP contribution in [0.2, 0.25) is 0 Å². The molecule has 0 spiro atoms. The van der Waals surface area contributed by atoms with Gasteiger partial charge < -0.3 is 10.1 Å². The molecule has 0 aliphatic carbocycles. The minimum absolute atomic E-state index is 0.127. The van der Waals surface area contributed by atoms with Crippen LogP contribution in [-0.2, 0) is 14.6 Å². The van der Waals surface area contributed by atoms with Crippen LogP contribution in [0, 0.1) is 0 Å². The molecule has 5 heteroatoms. The van der Waals surface area contributed by atoms with Gasteiger partial charge in [-0.2, -0.15) is 0 Å². The Morgan fingerprint density at radius 1 is 1.16 bits per heavy atom. The number of sulfone groups is 1. The summed E-state index contributed by atoms with van der Waals surface area (Å²) in [5.74, 6) is 0.127. The normalized spacial score (nSPS) is 11.9. The van der Waals surface area contributed by atoms with E-state index in [2.05, 4.69) is 5.32 Å². The first-order valence-electron chi connectivity index (χ1n) is 6.62. The lowest BCUT2D eigenvalue weighted by Gasteiger charge is -2.08. The molecule has 1 aromatic rings. The summed E-state index contributed by atoms with van der Waals surface area (Å²) in [6.07, 6.45) is 1.14. The molecule has 0 heterocycles. The Hall–Kier alpha value is -0.910. The summed E-state index contributed by atoms with van der Waals surface area (Å²) >= 11 is 0. The lowest BCUT2D eigenvalue weighted by Crippen LogP contribution is -2.25. The van der Waals surface area contributed by atoms with E-state index < -0.39 is 9.84 Å². The van der Waals surface area contributed by atoms with Crippen molar-refractivity contribution in [2.75, 3.05) is 25.4 Å². The average molecular weight is 285 g/mol. The number of benzene rings is 1. The molecule has 1 N–H and O–H groups in total. The minimum Gasteiger partial charge on any atom is -0.379 e. The fourth-order valence-electron chi connectivity index (χ4n) is 1.59. The largest absolute Gasteiger partial charge is 0.379 e. The Labute approximate surface area is 116 Å². The van der Waals surface area contributed by atoms with E-state index in [9.17, 15) is 8.42 Å². The quantitative estimate of drug-likeness (QED) is 0.704. The van der Waals surface area contributed by atoms with E-state index in [1.54, 1.807) is 24.3 Å². The van der Waals surface area contributed by atoms with Gasteiger partial charge in [0.05, 0.1) is 16.8 Å². The molecule has 4 nitrogen and oxygen atoms in total. The van der Waals surface area contributed by atoms with Gasteiger partial charge in [-0.3, -0.25) is 0 Å². The summed E-state index contributed by atoms with van der Waals surface area (Å²) in [6.45, 7) is 5.95. The molecule has 0 aliphatic heterocycles. The molecular formula is C14H23NO3S. The molecule has 0 bridgehead atoms. The molecule has 0 saturated carbocycles. The maximum atomic E-state index is 11.9. The summed E-state index contributed by atoms with van der Waals surface area (Å²) in [6, 6.07) is 8.55. The van der Waals surface area contributed by atoms with Crippen molar-refractivity contribution in [1.82, 2.24) is 5.32 Å². The Balaban J connectivity index is 2.19. The van der Waals surface area contributed by atoms with Gasteiger partial charge in [0.25, 0.3) is 0 Å². The summed E-state index contributed by atoms with van der Waals surface area (Å²) in [5.41, 5.74) is 0. The Kier molecular flexibility index (Phi) is 7.05. The summed E-state index contributed by atoms with van der Waals surface area (Å²) in [5, 5.41) is 3.13. The Morgan fingerprint density at radius 2 is 1.84 bits per heavy atom. The summed E-state index contributed by atoms with van der Waals surface area (Å²) in [4.78, 5) is 0.389. The van der Waals surface area contributed by atoms with E-state index in [0.717, 1.165) is 13.0 Å². The van der Waals surface area contributed by atoms with E-state index >= 15 is 0 Å². The molecule has 0 aromatic heterocycles. The first kappa shape index (κ1) is 16.1. The maximum Gasteiger partial charge on any atom is 0.179 e. The first-order valence-corrected chi connectivity index (χ1v) is 8.28. The van der Waals surface area contributed by atoms with Crippen LogP contribution in [0.3, 0.4) is 0 Å². The fraction of sp³-hybridized carbons (Fsp3) is 0.571. The van der Waals surface area contributed by atoms with Crippen LogP contribution in [-0.4, -0.2) is 40.0 Å². The molecular weight excluding hydrogens is 262 g/mol. The molecule has 108 valence electrons. The first-order chi connectivity index (χ1) is 9.02. The lowest BCUT2D eigenvalue weighted by molar-refractivity contribution is 0.0772. The van der Waals surface area contributed by atoms with Gasteiger partial charge in [0.2, 0.25) is 0 Å². The van der Waals surface area contributed by atoms with Crippen LogP contribution in [0.1, 0.15) is 20.3 Å². The van der Waals surface area contributed by atoms with Gasteiger partial charge in [-0.1, -0.05) is 18.2 Å². The summed E-state index contributed by atoms with van der Waals surface area (Å²) < 4.78 is 29.3. The molecule has 0 aliphatic rings. The smallest absolute Gasteiger partial charge is 0.179 e. The highest BCUT2D eigenvalue weighted by molar-refractivity contribution is 7.91. The second-order valence-corrected chi connectivity index (χ2v) is 6.76. The summed E-state index contributed by atoms with van der Waals surface area (Å²) in [7, 11) is -3.16. The van der Waals surface area contributed by atoms with Gasteiger partial charge in [-0.15, -0.1) is 0 Å². The van der Waals surface area contributed by atoms with Crippen molar-refractivity contribution < 1.29 is 13.2 Å². The molecule has 0 amide bonds. The number of ether oxygens (including phenoxy) is 1. The lowest BCUT2D eigenvalue weighted by atomic mass is 10.4. The molecule has 0 unspecified atom stereocenters. The Bertz CT molecular complexity index is 443. The third kappa shape index (κ3) is 6.71. The van der Waals surface area contributed by atoms with E-state index in [4.69, 9.17) is 4.74 Å². The average Bonchev–Trinajstić information content (AvgIpc) is 2.38. The van der Waals surface area contributed by atoms with Crippen LogP contribution in [0.25, 0.3) is 0 Å². The molecule has 0 atom stereocenters. The maximum absolute atomic E-state index is 11.9. The van der Waals surface area contributed by atoms with Crippen molar-refractivity contribution >= 4 is 9.84 Å². The highest BCUT2D eigenvalue weighted by atomic mass is 32.2. The third-order valence-corrected chi connectivity index (χ3v) is 4.33. The van der Waals surface area contributed by atoms with Crippen LogP contribution < -0.4 is 5.32 Å². The van der Waals surface area contributed by atoms with Gasteiger partial charge in [0.1, 0.15) is 0 Å². The van der Waals surface area contributed by atoms with Crippen molar-refractivity contribution in [3.8, 4) is 0 Å². The zero-order valence-corrected chi connectivity index (χ0v) is 12.4. The van der Waals surface area contributed by atoms with Crippen LogP contribution in [0.15, 0.2) is 35.2 Å². The molecule has 0 saturated heterocycles. The standard InChI is InChI=1S/C14H23NO3S/c1-13(2)18-11-6-9-15-10-12-19(16,17)14-7-4-3-5-8-14/h3-5,7-8,13,15H,6,9-12H2,1-2H3. The van der Waals surface area contributed by atoms with E-state index in [1.165, 1.54) is 0 Å². The van der Waals surface area contributed by atoms with Crippen LogP contribution in [0.4, 0.5) is 0 Å². The second kappa shape index (κ2) is 8.30. The number of hydrogen-bond acceptors (Lipinski definition) is 4. The monoisotopic (exact) mass is 285 g/mol. The van der Waals surface area contributed by atoms with Gasteiger partial charge in [0.15, 0.2) is 9.84 Å². The molecule has 19 heavy (non-hydrogen) atoms. The van der Waals surface area contributed by atoms with E-state index in [1.807, 2.05) is 19.9 Å².